The SMILES string of the molecule is CCCOc1ccc(CN=C(NCC)NC2CCOc3ccccc32)cn1.I. The number of aliphatic imine (C=N–C) groups is 1. The molecule has 0 radical (unpaired) electrons. The summed E-state index contributed by atoms with van der Waals surface area (Å²) in [6.07, 6.45) is 3.70. The summed E-state index contributed by atoms with van der Waals surface area (Å²) in [6, 6.07) is 12.3. The number of pyridine rings is 1. The third-order valence-corrected chi connectivity index (χ3v) is 4.29. The highest BCUT2D eigenvalue weighted by atomic mass is 127. The number of hydrogen-bond acceptors (Lipinski definition) is 4. The van der Waals surface area contributed by atoms with Crippen molar-refractivity contribution in [3.05, 3.63) is 53.7 Å². The topological polar surface area (TPSA) is 67.8 Å². The van der Waals surface area contributed by atoms with Gasteiger partial charge in [0.15, 0.2) is 5.96 Å². The van der Waals surface area contributed by atoms with Crippen LogP contribution in [-0.4, -0.2) is 30.7 Å². The molecule has 152 valence electrons. The molecule has 1 unspecified atom stereocenters. The Morgan fingerprint density at radius 2 is 2.11 bits per heavy atom. The van der Waals surface area contributed by atoms with Gasteiger partial charge in [0.25, 0.3) is 0 Å². The molecule has 1 aliphatic heterocycles. The molecule has 1 aromatic carbocycles. The second kappa shape index (κ2) is 11.7. The van der Waals surface area contributed by atoms with Crippen LogP contribution in [0.15, 0.2) is 47.6 Å². The average Bonchev–Trinajstić information content (AvgIpc) is 2.71. The van der Waals surface area contributed by atoms with E-state index >= 15 is 0 Å². The Labute approximate surface area is 184 Å². The van der Waals surface area contributed by atoms with Gasteiger partial charge in [0.1, 0.15) is 5.75 Å². The first-order valence-electron chi connectivity index (χ1n) is 9.64. The molecule has 1 aliphatic rings. The molecule has 0 fully saturated rings. The molecular weight excluding hydrogens is 467 g/mol. The van der Waals surface area contributed by atoms with E-state index in [1.54, 1.807) is 0 Å². The van der Waals surface area contributed by atoms with Crippen molar-refractivity contribution in [1.29, 1.82) is 0 Å². The van der Waals surface area contributed by atoms with E-state index in [1.807, 2.05) is 36.5 Å². The first-order valence-corrected chi connectivity index (χ1v) is 9.64. The van der Waals surface area contributed by atoms with Crippen molar-refractivity contribution in [2.45, 2.75) is 39.3 Å². The highest BCUT2D eigenvalue weighted by Gasteiger charge is 2.21. The Hall–Kier alpha value is -2.03. The Balaban J connectivity index is 0.00000280. The van der Waals surface area contributed by atoms with E-state index in [4.69, 9.17) is 14.5 Å². The van der Waals surface area contributed by atoms with Gasteiger partial charge in [-0.2, -0.15) is 0 Å². The van der Waals surface area contributed by atoms with Crippen LogP contribution in [0, 0.1) is 0 Å². The predicted molar refractivity (Wildman–Crippen MR) is 123 cm³/mol. The molecule has 2 heterocycles. The third-order valence-electron chi connectivity index (χ3n) is 4.29. The van der Waals surface area contributed by atoms with Crippen molar-refractivity contribution in [3.63, 3.8) is 0 Å². The van der Waals surface area contributed by atoms with Crippen molar-refractivity contribution in [1.82, 2.24) is 15.6 Å². The van der Waals surface area contributed by atoms with Crippen LogP contribution in [0.4, 0.5) is 0 Å². The van der Waals surface area contributed by atoms with E-state index in [0.717, 1.165) is 36.7 Å². The van der Waals surface area contributed by atoms with E-state index in [-0.39, 0.29) is 30.0 Å². The first-order chi connectivity index (χ1) is 13.3. The summed E-state index contributed by atoms with van der Waals surface area (Å²) >= 11 is 0. The van der Waals surface area contributed by atoms with E-state index in [1.165, 1.54) is 5.56 Å². The largest absolute Gasteiger partial charge is 0.493 e. The predicted octanol–water partition coefficient (Wildman–Crippen LogP) is 4.07. The zero-order chi connectivity index (χ0) is 18.9. The Kier molecular flexibility index (Phi) is 9.33. The van der Waals surface area contributed by atoms with E-state index in [2.05, 4.69) is 35.5 Å². The Bertz CT molecular complexity index is 752. The van der Waals surface area contributed by atoms with Crippen LogP contribution in [0.5, 0.6) is 11.6 Å². The van der Waals surface area contributed by atoms with Crippen molar-refractivity contribution in [2.75, 3.05) is 19.8 Å². The van der Waals surface area contributed by atoms with Crippen LogP contribution in [0.2, 0.25) is 0 Å². The summed E-state index contributed by atoms with van der Waals surface area (Å²) in [4.78, 5) is 9.05. The van der Waals surface area contributed by atoms with Crippen molar-refractivity contribution < 1.29 is 9.47 Å². The van der Waals surface area contributed by atoms with Crippen LogP contribution in [0.1, 0.15) is 43.9 Å². The fraction of sp³-hybridized carbons (Fsp3) is 0.429. The molecule has 0 amide bonds. The second-order valence-corrected chi connectivity index (χ2v) is 6.42. The summed E-state index contributed by atoms with van der Waals surface area (Å²) in [5.41, 5.74) is 2.22. The molecule has 1 aromatic heterocycles. The van der Waals surface area contributed by atoms with E-state index in [0.29, 0.717) is 25.6 Å². The van der Waals surface area contributed by atoms with Gasteiger partial charge in [-0.15, -0.1) is 24.0 Å². The van der Waals surface area contributed by atoms with Gasteiger partial charge in [0.05, 0.1) is 25.8 Å². The van der Waals surface area contributed by atoms with E-state index in [9.17, 15) is 0 Å². The van der Waals surface area contributed by atoms with Crippen LogP contribution in [-0.2, 0) is 6.54 Å². The lowest BCUT2D eigenvalue weighted by molar-refractivity contribution is 0.261. The molecule has 2 aromatic rings. The molecule has 3 rings (SSSR count). The molecule has 7 heteroatoms. The fourth-order valence-corrected chi connectivity index (χ4v) is 2.94. The molecule has 1 atom stereocenters. The highest BCUT2D eigenvalue weighted by Crippen LogP contribution is 2.31. The highest BCUT2D eigenvalue weighted by molar-refractivity contribution is 14.0. The number of nitrogens with one attached hydrogen (secondary N) is 2. The van der Waals surface area contributed by atoms with Crippen molar-refractivity contribution >= 4 is 29.9 Å². The van der Waals surface area contributed by atoms with Crippen molar-refractivity contribution in [2.24, 2.45) is 4.99 Å². The molecule has 0 bridgehead atoms. The minimum Gasteiger partial charge on any atom is -0.493 e. The monoisotopic (exact) mass is 496 g/mol. The van der Waals surface area contributed by atoms with Gasteiger partial charge < -0.3 is 20.1 Å². The van der Waals surface area contributed by atoms with Crippen LogP contribution >= 0.6 is 24.0 Å². The molecule has 0 saturated heterocycles. The Morgan fingerprint density at radius 3 is 2.86 bits per heavy atom. The third kappa shape index (κ3) is 6.25. The number of halogens is 1. The van der Waals surface area contributed by atoms with Gasteiger partial charge in [0.2, 0.25) is 5.88 Å². The van der Waals surface area contributed by atoms with Gasteiger partial charge >= 0.3 is 0 Å². The summed E-state index contributed by atoms with van der Waals surface area (Å²) in [6.45, 7) is 6.90. The first kappa shape index (κ1) is 22.3. The maximum absolute atomic E-state index is 5.74. The molecule has 28 heavy (non-hydrogen) atoms. The zero-order valence-corrected chi connectivity index (χ0v) is 18.8. The van der Waals surface area contributed by atoms with Crippen molar-refractivity contribution in [3.8, 4) is 11.6 Å². The number of rotatable bonds is 7. The number of ether oxygens (including phenoxy) is 2. The van der Waals surface area contributed by atoms with Gasteiger partial charge in [-0.3, -0.25) is 0 Å². The van der Waals surface area contributed by atoms with Crippen LogP contribution in [0.25, 0.3) is 0 Å². The number of benzene rings is 1. The fourth-order valence-electron chi connectivity index (χ4n) is 2.94. The minimum absolute atomic E-state index is 0. The van der Waals surface area contributed by atoms with Gasteiger partial charge in [-0.1, -0.05) is 31.2 Å². The summed E-state index contributed by atoms with van der Waals surface area (Å²) in [5, 5.41) is 6.86. The quantitative estimate of drug-likeness (QED) is 0.344. The standard InChI is InChI=1S/C21H28N4O2.HI/c1-3-12-27-20-10-9-16(14-23-20)15-24-21(22-4-2)25-18-11-13-26-19-8-6-5-7-17(18)19;/h5-10,14,18H,3-4,11-13,15H2,1-2H3,(H2,22,24,25);1H. The lowest BCUT2D eigenvalue weighted by Gasteiger charge is -2.28. The maximum atomic E-state index is 5.74. The number of aromatic nitrogens is 1. The summed E-state index contributed by atoms with van der Waals surface area (Å²) < 4.78 is 11.3. The van der Waals surface area contributed by atoms with Gasteiger partial charge in [-0.25, -0.2) is 9.98 Å². The van der Waals surface area contributed by atoms with Crippen LogP contribution in [0.3, 0.4) is 0 Å². The van der Waals surface area contributed by atoms with Crippen LogP contribution < -0.4 is 20.1 Å². The molecule has 0 saturated carbocycles. The number of hydrogen-bond donors (Lipinski definition) is 2. The number of nitrogens with zero attached hydrogens (tertiary/aromatic N) is 2. The molecule has 2 N–H and O–H groups in total. The van der Waals surface area contributed by atoms with Gasteiger partial charge in [-0.05, 0) is 25.0 Å². The molecular formula is C21H29IN4O2. The number of para-hydroxylation sites is 1. The Morgan fingerprint density at radius 1 is 1.25 bits per heavy atom. The zero-order valence-electron chi connectivity index (χ0n) is 16.5. The van der Waals surface area contributed by atoms with E-state index < -0.39 is 0 Å². The molecule has 0 aliphatic carbocycles. The normalized spacial score (nSPS) is 15.6. The van der Waals surface area contributed by atoms with Gasteiger partial charge in [0, 0.05) is 30.8 Å². The smallest absolute Gasteiger partial charge is 0.213 e. The number of fused-ring (bicyclic) bond motifs is 1. The maximum Gasteiger partial charge on any atom is 0.213 e. The average molecular weight is 496 g/mol. The molecule has 6 nitrogen and oxygen atoms in total. The second-order valence-electron chi connectivity index (χ2n) is 6.42. The summed E-state index contributed by atoms with van der Waals surface area (Å²) in [5.74, 6) is 2.41. The lowest BCUT2D eigenvalue weighted by atomic mass is 10.0. The summed E-state index contributed by atoms with van der Waals surface area (Å²) in [7, 11) is 0. The minimum atomic E-state index is 0. The number of guanidine groups is 1. The molecule has 0 spiro atoms. The lowest BCUT2D eigenvalue weighted by Crippen LogP contribution is -2.41.